The summed E-state index contributed by atoms with van der Waals surface area (Å²) in [6.07, 6.45) is 0. The Balaban J connectivity index is -0.00000000356. The van der Waals surface area contributed by atoms with Gasteiger partial charge in [0.25, 0.3) is 0 Å². The van der Waals surface area contributed by atoms with Crippen LogP contribution >= 0.6 is 0 Å². The quantitative estimate of drug-likeness (QED) is 0.333. The van der Waals surface area contributed by atoms with Crippen LogP contribution in [0, 0.1) is 19.5 Å². The predicted molar refractivity (Wildman–Crippen MR) is 39.8 cm³/mol. The minimum absolute atomic E-state index is 0. The van der Waals surface area contributed by atoms with Gasteiger partial charge in [-0.1, -0.05) is 0 Å². The van der Waals surface area contributed by atoms with Crippen molar-refractivity contribution in [2.45, 2.75) is 0 Å². The summed E-state index contributed by atoms with van der Waals surface area (Å²) in [5.41, 5.74) is 0. The summed E-state index contributed by atoms with van der Waals surface area (Å²) < 4.78 is 19.5. The van der Waals surface area contributed by atoms with E-state index in [1.54, 1.807) is 32.2 Å². The number of nitrogens with zero attached hydrogens (tertiary/aromatic N) is 2. The van der Waals surface area contributed by atoms with E-state index in [4.69, 9.17) is 23.3 Å². The molecule has 0 aromatic carbocycles. The van der Waals surface area contributed by atoms with Gasteiger partial charge in [-0.2, -0.15) is 0 Å². The van der Waals surface area contributed by atoms with Crippen LogP contribution in [-0.2, 0) is 3.80 Å². The van der Waals surface area contributed by atoms with Crippen molar-refractivity contribution in [1.29, 1.82) is 19.5 Å². The van der Waals surface area contributed by atoms with Crippen molar-refractivity contribution in [3.63, 3.8) is 0 Å². The normalized spacial score (nSPS) is 1.00. The molecule has 0 aliphatic carbocycles. The first-order valence-electron chi connectivity index (χ1n) is 1.01. The first kappa shape index (κ1) is 59.1. The first-order valence-corrected chi connectivity index (χ1v) is 2.64. The third-order valence-corrected chi connectivity index (χ3v) is 0. The SMILES string of the molecule is N#N.O.O.[Al].[NH]=[Al].[NH]=[Al].[O]=[Al]. The van der Waals surface area contributed by atoms with Crippen molar-refractivity contribution in [2.24, 2.45) is 0 Å². The number of hydrogen-bond donors (Lipinski definition) is 2. The Morgan fingerprint density at radius 2 is 0.818 bits per heavy atom. The van der Waals surface area contributed by atoms with E-state index in [1.165, 1.54) is 16.2 Å². The van der Waals surface area contributed by atoms with Crippen LogP contribution in [-0.4, -0.2) is 76.7 Å². The second-order valence-electron chi connectivity index (χ2n) is 0. The minimum atomic E-state index is 0. The van der Waals surface area contributed by atoms with E-state index < -0.39 is 0 Å². The van der Waals surface area contributed by atoms with Crippen LogP contribution in [0.5, 0.6) is 0 Å². The summed E-state index contributed by atoms with van der Waals surface area (Å²) in [5, 5.41) is 12.0. The monoisotopic (exact) mass is 218 g/mol. The molecule has 0 aliphatic heterocycles. The molecule has 0 aliphatic rings. The van der Waals surface area contributed by atoms with E-state index in [9.17, 15) is 0 Å². The molecule has 0 aromatic heterocycles. The third kappa shape index (κ3) is 1130. The third-order valence-electron chi connectivity index (χ3n) is 0. The van der Waals surface area contributed by atoms with Gasteiger partial charge < -0.3 is 11.0 Å². The molecule has 0 amide bonds. The van der Waals surface area contributed by atoms with Crippen LogP contribution in [0.15, 0.2) is 0 Å². The Bertz CT molecular complexity index is 38.8. The molecule has 7 nitrogen and oxygen atoms in total. The summed E-state index contributed by atoms with van der Waals surface area (Å²) in [7, 11) is 0. The van der Waals surface area contributed by atoms with E-state index in [2.05, 4.69) is 0 Å². The molecule has 11 heteroatoms. The van der Waals surface area contributed by atoms with E-state index in [-0.39, 0.29) is 28.3 Å². The van der Waals surface area contributed by atoms with Gasteiger partial charge in [0.15, 0.2) is 0 Å². The summed E-state index contributed by atoms with van der Waals surface area (Å²) in [6.45, 7) is 0. The fourth-order valence-electron chi connectivity index (χ4n) is 0. The number of nitrogens with one attached hydrogen (secondary N) is 2. The molecule has 0 atom stereocenters. The zero-order valence-electron chi connectivity index (χ0n) is 5.61. The molecule has 0 rings (SSSR count). The van der Waals surface area contributed by atoms with Crippen molar-refractivity contribution in [3.05, 3.63) is 0 Å². The Morgan fingerprint density at radius 1 is 0.818 bits per heavy atom. The van der Waals surface area contributed by atoms with Gasteiger partial charge in [0.1, 0.15) is 0 Å². The zero-order valence-corrected chi connectivity index (χ0v) is 10.2. The molecular weight excluding hydrogens is 212 g/mol. The fourth-order valence-corrected chi connectivity index (χ4v) is 0. The molecule has 0 aromatic rings. The average molecular weight is 218 g/mol. The molecule has 11 heavy (non-hydrogen) atoms. The summed E-state index contributed by atoms with van der Waals surface area (Å²) in [6, 6.07) is 0. The molecule has 0 fully saturated rings. The van der Waals surface area contributed by atoms with Crippen LogP contribution < -0.4 is 0 Å². The van der Waals surface area contributed by atoms with Crippen molar-refractivity contribution in [1.82, 2.24) is 0 Å². The maximum absolute atomic E-state index is 8.17. The zero-order chi connectivity index (χ0) is 8.00. The van der Waals surface area contributed by atoms with Gasteiger partial charge in [0.05, 0.1) is 0 Å². The topological polar surface area (TPSA) is 175 Å². The first-order chi connectivity index (χ1) is 4.00. The van der Waals surface area contributed by atoms with E-state index in [0.717, 1.165) is 0 Å². The predicted octanol–water partition coefficient (Wildman–Crippen LogP) is -2.67. The van der Waals surface area contributed by atoms with Crippen LogP contribution in [0.4, 0.5) is 0 Å². The average Bonchev–Trinajstić information content (AvgIpc) is 2.03. The molecule has 6 N–H and O–H groups in total. The maximum atomic E-state index is 8.17. The molecule has 6 radical (unpaired) electrons. The molecular formula is H6Al4N4O3. The van der Waals surface area contributed by atoms with E-state index in [1.807, 2.05) is 0 Å². The van der Waals surface area contributed by atoms with Crippen molar-refractivity contribution in [3.8, 4) is 0 Å². The van der Waals surface area contributed by atoms with Crippen LogP contribution in [0.25, 0.3) is 0 Å². The molecule has 0 saturated heterocycles. The van der Waals surface area contributed by atoms with Gasteiger partial charge in [-0.15, -0.1) is 0 Å². The fraction of sp³-hybridized carbons (Fsp3) is 0. The number of rotatable bonds is 0. The van der Waals surface area contributed by atoms with Gasteiger partial charge in [0, 0.05) is 28.1 Å². The second kappa shape index (κ2) is 1400. The Labute approximate surface area is 99.4 Å². The standard InChI is InChI=1S/4Al.N2.2HN.2H2O.O/c;;;;1-2;;;;;/h;;;;;2*1H;2*1H2;. The Kier molecular flexibility index (Phi) is 7520. The van der Waals surface area contributed by atoms with Crippen LogP contribution in [0.3, 0.4) is 0 Å². The van der Waals surface area contributed by atoms with Crippen LogP contribution in [0.2, 0.25) is 0 Å². The molecule has 0 heterocycles. The Hall–Kier alpha value is 0.870. The van der Waals surface area contributed by atoms with Crippen LogP contribution in [0.1, 0.15) is 0 Å². The van der Waals surface area contributed by atoms with Crippen molar-refractivity contribution in [2.75, 3.05) is 0 Å². The summed E-state index contributed by atoms with van der Waals surface area (Å²) >= 11 is 4.50. The second-order valence-corrected chi connectivity index (χ2v) is 0. The van der Waals surface area contributed by atoms with Gasteiger partial charge >= 0.3 is 60.9 Å². The number of hydrogen-bond acceptors (Lipinski definition) is 5. The van der Waals surface area contributed by atoms with Gasteiger partial charge in [0.2, 0.25) is 0 Å². The molecule has 0 bridgehead atoms. The molecule has 0 unspecified atom stereocenters. The van der Waals surface area contributed by atoms with Gasteiger partial charge in [-0.3, -0.25) is 0 Å². The van der Waals surface area contributed by atoms with Crippen molar-refractivity contribution >= 4 is 65.8 Å². The molecule has 0 saturated carbocycles. The summed E-state index contributed by atoms with van der Waals surface area (Å²) in [4.78, 5) is 0. The molecule has 56 valence electrons. The van der Waals surface area contributed by atoms with Gasteiger partial charge in [-0.25, -0.2) is 0 Å². The summed E-state index contributed by atoms with van der Waals surface area (Å²) in [5.74, 6) is 0. The van der Waals surface area contributed by atoms with Crippen molar-refractivity contribution < 1.29 is 14.8 Å². The van der Waals surface area contributed by atoms with E-state index in [0.29, 0.717) is 0 Å². The van der Waals surface area contributed by atoms with Gasteiger partial charge in [-0.05, 0) is 0 Å². The van der Waals surface area contributed by atoms with E-state index >= 15 is 0 Å². The Morgan fingerprint density at radius 3 is 0.818 bits per heavy atom. The molecule has 0 spiro atoms.